The molecule has 0 saturated heterocycles. The van der Waals surface area contributed by atoms with Gasteiger partial charge >= 0.3 is 12.1 Å². The van der Waals surface area contributed by atoms with Crippen molar-refractivity contribution in [1.29, 1.82) is 0 Å². The highest BCUT2D eigenvalue weighted by Crippen LogP contribution is 2.50. The number of benzene rings is 2. The quantitative estimate of drug-likeness (QED) is 0.348. The predicted octanol–water partition coefficient (Wildman–Crippen LogP) is 5.10. The van der Waals surface area contributed by atoms with E-state index in [0.29, 0.717) is 22.9 Å². The summed E-state index contributed by atoms with van der Waals surface area (Å²) in [5.74, 6) is -1.99. The van der Waals surface area contributed by atoms with Crippen LogP contribution in [-0.4, -0.2) is 38.6 Å². The number of hydrogen-bond donors (Lipinski definition) is 2. The molecule has 3 aromatic rings. The SMILES string of the molecule is Cc1cc(NC(=O)C2(c3ccc(C(F)(F)F)cc3F)CC2)cc(-c2nnn[nH]2)c1C(=O)OC1CCCC1. The number of amides is 1. The molecule has 0 aliphatic heterocycles. The normalized spacial score (nSPS) is 17.0. The second-order valence-corrected chi connectivity index (χ2v) is 9.51. The van der Waals surface area contributed by atoms with Crippen LogP contribution in [0.1, 0.15) is 65.6 Å². The summed E-state index contributed by atoms with van der Waals surface area (Å²) in [6.07, 6.45) is -0.732. The minimum absolute atomic E-state index is 0.0915. The maximum Gasteiger partial charge on any atom is 0.416 e. The number of nitrogens with zero attached hydrogens (tertiary/aromatic N) is 3. The number of carbonyl (C=O) groups is 2. The number of rotatable bonds is 6. The number of ether oxygens (including phenoxy) is 1. The average molecular weight is 517 g/mol. The van der Waals surface area contributed by atoms with Crippen LogP contribution in [0, 0.1) is 12.7 Å². The van der Waals surface area contributed by atoms with Crippen molar-refractivity contribution in [3.8, 4) is 11.4 Å². The summed E-state index contributed by atoms with van der Waals surface area (Å²) in [5, 5.41) is 16.4. The van der Waals surface area contributed by atoms with E-state index in [9.17, 15) is 27.2 Å². The molecule has 37 heavy (non-hydrogen) atoms. The van der Waals surface area contributed by atoms with Crippen LogP contribution in [0.15, 0.2) is 30.3 Å². The molecular formula is C25H23F4N5O3. The van der Waals surface area contributed by atoms with Gasteiger partial charge in [-0.1, -0.05) is 6.07 Å². The van der Waals surface area contributed by atoms with E-state index in [-0.39, 0.29) is 35.9 Å². The van der Waals surface area contributed by atoms with Gasteiger partial charge in [0.15, 0.2) is 5.82 Å². The molecular weight excluding hydrogens is 494 g/mol. The number of halogens is 4. The Balaban J connectivity index is 1.44. The number of aryl methyl sites for hydroxylation is 1. The number of tetrazole rings is 1. The van der Waals surface area contributed by atoms with Gasteiger partial charge in [-0.25, -0.2) is 14.3 Å². The molecule has 194 valence electrons. The zero-order chi connectivity index (χ0) is 26.4. The van der Waals surface area contributed by atoms with Crippen LogP contribution in [0.3, 0.4) is 0 Å². The van der Waals surface area contributed by atoms with E-state index in [2.05, 4.69) is 25.9 Å². The summed E-state index contributed by atoms with van der Waals surface area (Å²) >= 11 is 0. The molecule has 0 atom stereocenters. The van der Waals surface area contributed by atoms with Crippen LogP contribution >= 0.6 is 0 Å². The van der Waals surface area contributed by atoms with Crippen LogP contribution in [0.5, 0.6) is 0 Å². The van der Waals surface area contributed by atoms with E-state index in [1.807, 2.05) is 0 Å². The smallest absolute Gasteiger partial charge is 0.416 e. The highest BCUT2D eigenvalue weighted by atomic mass is 19.4. The third-order valence-electron chi connectivity index (χ3n) is 6.97. The molecule has 0 radical (unpaired) electrons. The topological polar surface area (TPSA) is 110 Å². The van der Waals surface area contributed by atoms with Gasteiger partial charge in [-0.15, -0.1) is 5.10 Å². The van der Waals surface area contributed by atoms with Gasteiger partial charge in [0.05, 0.1) is 16.5 Å². The molecule has 5 rings (SSSR count). The Morgan fingerprint density at radius 3 is 2.46 bits per heavy atom. The summed E-state index contributed by atoms with van der Waals surface area (Å²) < 4.78 is 59.2. The van der Waals surface area contributed by atoms with Gasteiger partial charge in [-0.2, -0.15) is 13.2 Å². The van der Waals surface area contributed by atoms with Gasteiger partial charge < -0.3 is 10.1 Å². The van der Waals surface area contributed by atoms with E-state index >= 15 is 0 Å². The molecule has 1 aromatic heterocycles. The van der Waals surface area contributed by atoms with E-state index in [1.165, 1.54) is 6.07 Å². The summed E-state index contributed by atoms with van der Waals surface area (Å²) in [6.45, 7) is 1.68. The lowest BCUT2D eigenvalue weighted by Crippen LogP contribution is -2.29. The minimum Gasteiger partial charge on any atom is -0.459 e. The number of nitrogens with one attached hydrogen (secondary N) is 2. The maximum absolute atomic E-state index is 14.7. The summed E-state index contributed by atoms with van der Waals surface area (Å²) in [7, 11) is 0. The largest absolute Gasteiger partial charge is 0.459 e. The Morgan fingerprint density at radius 1 is 1.14 bits per heavy atom. The Hall–Kier alpha value is -3.83. The monoisotopic (exact) mass is 517 g/mol. The highest BCUT2D eigenvalue weighted by molar-refractivity contribution is 6.04. The Labute approximate surface area is 208 Å². The standard InChI is InChI=1S/C25H23F4N5O3/c1-13-10-15(12-17(21-31-33-34-32-21)20(13)22(35)37-16-4-2-3-5-16)30-23(36)24(8-9-24)18-7-6-14(11-19(18)26)25(27,28)29/h6-7,10-12,16H,2-5,8-9H2,1H3,(H,30,36)(H,31,32,33,34). The van der Waals surface area contributed by atoms with Gasteiger partial charge in [0, 0.05) is 16.8 Å². The fraction of sp³-hybridized carbons (Fsp3) is 0.400. The molecule has 2 fully saturated rings. The molecule has 1 amide bonds. The molecule has 2 aliphatic carbocycles. The number of alkyl halides is 3. The van der Waals surface area contributed by atoms with Crippen molar-refractivity contribution >= 4 is 17.6 Å². The lowest BCUT2D eigenvalue weighted by Gasteiger charge is -2.19. The van der Waals surface area contributed by atoms with E-state index in [4.69, 9.17) is 4.74 Å². The molecule has 2 N–H and O–H groups in total. The van der Waals surface area contributed by atoms with Crippen molar-refractivity contribution < 1.29 is 31.9 Å². The molecule has 2 aromatic carbocycles. The molecule has 0 spiro atoms. The predicted molar refractivity (Wildman–Crippen MR) is 123 cm³/mol. The molecule has 8 nitrogen and oxygen atoms in total. The van der Waals surface area contributed by atoms with Crippen LogP contribution in [0.4, 0.5) is 23.2 Å². The number of aromatic amines is 1. The van der Waals surface area contributed by atoms with Crippen LogP contribution in [0.25, 0.3) is 11.4 Å². The summed E-state index contributed by atoms with van der Waals surface area (Å²) in [5.41, 5.74) is -1.14. The zero-order valence-corrected chi connectivity index (χ0v) is 19.8. The molecule has 2 aliphatic rings. The number of H-pyrrole nitrogens is 1. The first-order valence-corrected chi connectivity index (χ1v) is 11.9. The van der Waals surface area contributed by atoms with E-state index in [1.54, 1.807) is 13.0 Å². The number of anilines is 1. The van der Waals surface area contributed by atoms with Crippen LogP contribution in [0.2, 0.25) is 0 Å². The number of aromatic nitrogens is 4. The van der Waals surface area contributed by atoms with E-state index < -0.39 is 34.8 Å². The molecule has 12 heteroatoms. The van der Waals surface area contributed by atoms with Crippen LogP contribution in [-0.2, 0) is 21.1 Å². The first-order valence-electron chi connectivity index (χ1n) is 11.9. The summed E-state index contributed by atoms with van der Waals surface area (Å²) in [4.78, 5) is 26.3. The molecule has 1 heterocycles. The first kappa shape index (κ1) is 24.8. The number of hydrogen-bond acceptors (Lipinski definition) is 6. The fourth-order valence-corrected chi connectivity index (χ4v) is 4.88. The average Bonchev–Trinajstić information content (AvgIpc) is 3.19. The molecule has 0 unspecified atom stereocenters. The Morgan fingerprint density at radius 2 is 1.86 bits per heavy atom. The number of esters is 1. The second kappa shape index (κ2) is 9.24. The first-order chi connectivity index (χ1) is 17.6. The van der Waals surface area contributed by atoms with Crippen molar-refractivity contribution in [2.24, 2.45) is 0 Å². The van der Waals surface area contributed by atoms with Crippen molar-refractivity contribution in [3.05, 3.63) is 58.4 Å². The minimum atomic E-state index is -4.69. The lowest BCUT2D eigenvalue weighted by atomic mass is 9.92. The maximum atomic E-state index is 14.7. The summed E-state index contributed by atoms with van der Waals surface area (Å²) in [6, 6.07) is 5.29. The van der Waals surface area contributed by atoms with Crippen molar-refractivity contribution in [2.45, 2.75) is 63.1 Å². The third kappa shape index (κ3) is 4.79. The highest BCUT2D eigenvalue weighted by Gasteiger charge is 2.53. The molecule has 0 bridgehead atoms. The Kier molecular flexibility index (Phi) is 6.20. The lowest BCUT2D eigenvalue weighted by molar-refractivity contribution is -0.137. The van der Waals surface area contributed by atoms with Gasteiger partial charge in [-0.3, -0.25) is 4.79 Å². The van der Waals surface area contributed by atoms with Gasteiger partial charge in [0.1, 0.15) is 11.9 Å². The molecule has 2 saturated carbocycles. The second-order valence-electron chi connectivity index (χ2n) is 9.51. The van der Waals surface area contributed by atoms with Crippen molar-refractivity contribution in [2.75, 3.05) is 5.32 Å². The van der Waals surface area contributed by atoms with Crippen LogP contribution < -0.4 is 5.32 Å². The Bertz CT molecular complexity index is 1350. The van der Waals surface area contributed by atoms with Crippen molar-refractivity contribution in [3.63, 3.8) is 0 Å². The third-order valence-corrected chi connectivity index (χ3v) is 6.97. The van der Waals surface area contributed by atoms with E-state index in [0.717, 1.165) is 37.8 Å². The van der Waals surface area contributed by atoms with Gasteiger partial charge in [0.2, 0.25) is 5.91 Å². The van der Waals surface area contributed by atoms with Gasteiger partial charge in [-0.05, 0) is 85.7 Å². The van der Waals surface area contributed by atoms with Crippen molar-refractivity contribution in [1.82, 2.24) is 20.6 Å². The number of carbonyl (C=O) groups excluding carboxylic acids is 2. The fourth-order valence-electron chi connectivity index (χ4n) is 4.88. The van der Waals surface area contributed by atoms with Gasteiger partial charge in [0.25, 0.3) is 0 Å². The zero-order valence-electron chi connectivity index (χ0n) is 19.8.